The molecule has 1 aromatic heterocycles. The van der Waals surface area contributed by atoms with Crippen molar-refractivity contribution in [2.75, 3.05) is 18.9 Å². The van der Waals surface area contributed by atoms with Crippen LogP contribution in [0.25, 0.3) is 0 Å². The molecular formula is C13H19N3O2. The van der Waals surface area contributed by atoms with Crippen molar-refractivity contribution >= 4 is 11.7 Å². The molecule has 1 amide bonds. The highest BCUT2D eigenvalue weighted by Crippen LogP contribution is 2.22. The number of nitrogen functional groups attached to an aromatic ring is 1. The lowest BCUT2D eigenvalue weighted by Gasteiger charge is -2.17. The van der Waals surface area contributed by atoms with E-state index in [1.165, 1.54) is 0 Å². The van der Waals surface area contributed by atoms with Crippen molar-refractivity contribution in [3.63, 3.8) is 0 Å². The van der Waals surface area contributed by atoms with Gasteiger partial charge in [0.15, 0.2) is 0 Å². The summed E-state index contributed by atoms with van der Waals surface area (Å²) in [5.74, 6) is 0.504. The van der Waals surface area contributed by atoms with Gasteiger partial charge in [-0.15, -0.1) is 0 Å². The molecule has 1 fully saturated rings. The van der Waals surface area contributed by atoms with E-state index in [1.54, 1.807) is 18.3 Å². The normalized spacial score (nSPS) is 22.9. The number of pyridine rings is 1. The van der Waals surface area contributed by atoms with E-state index in [0.717, 1.165) is 19.4 Å². The van der Waals surface area contributed by atoms with Crippen molar-refractivity contribution < 1.29 is 9.53 Å². The second-order valence-corrected chi connectivity index (χ2v) is 4.51. The molecule has 2 unspecified atom stereocenters. The van der Waals surface area contributed by atoms with Crippen LogP contribution in [0.5, 0.6) is 0 Å². The number of carbonyl (C=O) groups is 1. The van der Waals surface area contributed by atoms with E-state index in [2.05, 4.69) is 17.2 Å². The predicted molar refractivity (Wildman–Crippen MR) is 69.1 cm³/mol. The van der Waals surface area contributed by atoms with E-state index >= 15 is 0 Å². The molecule has 2 atom stereocenters. The zero-order valence-corrected chi connectivity index (χ0v) is 10.6. The van der Waals surface area contributed by atoms with Crippen LogP contribution >= 0.6 is 0 Å². The van der Waals surface area contributed by atoms with E-state index < -0.39 is 0 Å². The fourth-order valence-corrected chi connectivity index (χ4v) is 2.31. The third-order valence-corrected chi connectivity index (χ3v) is 3.36. The molecule has 5 nitrogen and oxygen atoms in total. The Morgan fingerprint density at radius 3 is 3.22 bits per heavy atom. The van der Waals surface area contributed by atoms with E-state index in [9.17, 15) is 4.79 Å². The summed E-state index contributed by atoms with van der Waals surface area (Å²) in [6, 6.07) is 3.39. The number of aromatic nitrogens is 1. The molecule has 3 N–H and O–H groups in total. The second kappa shape index (κ2) is 5.82. The maximum Gasteiger partial charge on any atom is 0.255 e. The Balaban J connectivity index is 1.91. The summed E-state index contributed by atoms with van der Waals surface area (Å²) in [6.07, 6.45) is 3.82. The molecule has 0 bridgehead atoms. The number of anilines is 1. The van der Waals surface area contributed by atoms with E-state index in [4.69, 9.17) is 10.5 Å². The topological polar surface area (TPSA) is 77.2 Å². The van der Waals surface area contributed by atoms with Crippen molar-refractivity contribution in [2.45, 2.75) is 25.9 Å². The molecule has 1 aliphatic rings. The third kappa shape index (κ3) is 2.79. The Kier molecular flexibility index (Phi) is 4.15. The monoisotopic (exact) mass is 249 g/mol. The maximum atomic E-state index is 11.9. The summed E-state index contributed by atoms with van der Waals surface area (Å²) < 4.78 is 5.59. The Morgan fingerprint density at radius 2 is 2.50 bits per heavy atom. The van der Waals surface area contributed by atoms with Gasteiger partial charge in [0.25, 0.3) is 5.91 Å². The van der Waals surface area contributed by atoms with Crippen LogP contribution in [0.2, 0.25) is 0 Å². The lowest BCUT2D eigenvalue weighted by Crippen LogP contribution is -2.33. The first-order valence-electron chi connectivity index (χ1n) is 6.32. The molecular weight excluding hydrogens is 230 g/mol. The number of rotatable bonds is 4. The minimum absolute atomic E-state index is 0.164. The zero-order chi connectivity index (χ0) is 13.0. The lowest BCUT2D eigenvalue weighted by atomic mass is 9.99. The number of hydrogen-bond donors (Lipinski definition) is 2. The lowest BCUT2D eigenvalue weighted by molar-refractivity contribution is 0.0827. The number of carbonyl (C=O) groups excluding carboxylic acids is 1. The van der Waals surface area contributed by atoms with Crippen LogP contribution in [0.3, 0.4) is 0 Å². The van der Waals surface area contributed by atoms with E-state index in [1.807, 2.05) is 0 Å². The molecule has 0 aromatic carbocycles. The van der Waals surface area contributed by atoms with Gasteiger partial charge in [-0.3, -0.25) is 4.79 Å². The summed E-state index contributed by atoms with van der Waals surface area (Å²) in [5.41, 5.74) is 6.10. The molecule has 0 aliphatic carbocycles. The van der Waals surface area contributed by atoms with Crippen LogP contribution in [-0.2, 0) is 4.74 Å². The van der Waals surface area contributed by atoms with Crippen LogP contribution in [0, 0.1) is 5.92 Å². The highest BCUT2D eigenvalue weighted by molar-refractivity contribution is 5.98. The van der Waals surface area contributed by atoms with E-state index in [-0.39, 0.29) is 17.8 Å². The Hall–Kier alpha value is -1.62. The van der Waals surface area contributed by atoms with Crippen LogP contribution in [0.4, 0.5) is 5.82 Å². The average molecular weight is 249 g/mol. The molecule has 1 aliphatic heterocycles. The fraction of sp³-hybridized carbons (Fsp3) is 0.538. The highest BCUT2D eigenvalue weighted by Gasteiger charge is 2.27. The summed E-state index contributed by atoms with van der Waals surface area (Å²) in [7, 11) is 0. The van der Waals surface area contributed by atoms with Crippen molar-refractivity contribution in [3.8, 4) is 0 Å². The van der Waals surface area contributed by atoms with Gasteiger partial charge in [-0.1, -0.05) is 6.92 Å². The average Bonchev–Trinajstić information content (AvgIpc) is 2.84. The predicted octanol–water partition coefficient (Wildman–Crippen LogP) is 1.21. The van der Waals surface area contributed by atoms with Gasteiger partial charge in [0.2, 0.25) is 0 Å². The Bertz CT molecular complexity index is 422. The van der Waals surface area contributed by atoms with Gasteiger partial charge >= 0.3 is 0 Å². The van der Waals surface area contributed by atoms with Gasteiger partial charge < -0.3 is 15.8 Å². The SMILES string of the molecule is CCC1OCCC1CNC(=O)c1cccnc1N. The van der Waals surface area contributed by atoms with Gasteiger partial charge in [0.05, 0.1) is 11.7 Å². The number of nitrogens with two attached hydrogens (primary N) is 1. The van der Waals surface area contributed by atoms with Gasteiger partial charge in [-0.25, -0.2) is 4.98 Å². The van der Waals surface area contributed by atoms with E-state index in [0.29, 0.717) is 18.0 Å². The van der Waals surface area contributed by atoms with Crippen molar-refractivity contribution in [2.24, 2.45) is 5.92 Å². The molecule has 5 heteroatoms. The molecule has 0 radical (unpaired) electrons. The number of nitrogens with zero attached hydrogens (tertiary/aromatic N) is 1. The number of hydrogen-bond acceptors (Lipinski definition) is 4. The summed E-state index contributed by atoms with van der Waals surface area (Å²) >= 11 is 0. The zero-order valence-electron chi connectivity index (χ0n) is 10.6. The van der Waals surface area contributed by atoms with Gasteiger partial charge in [-0.05, 0) is 25.0 Å². The standard InChI is InChI=1S/C13H19N3O2/c1-2-11-9(5-7-18-11)8-16-13(17)10-4-3-6-15-12(10)14/h3-4,6,9,11H,2,5,7-8H2,1H3,(H2,14,15)(H,16,17). The minimum Gasteiger partial charge on any atom is -0.383 e. The first-order valence-corrected chi connectivity index (χ1v) is 6.32. The van der Waals surface area contributed by atoms with Crippen LogP contribution in [-0.4, -0.2) is 30.1 Å². The minimum atomic E-state index is -0.164. The highest BCUT2D eigenvalue weighted by atomic mass is 16.5. The second-order valence-electron chi connectivity index (χ2n) is 4.51. The summed E-state index contributed by atoms with van der Waals surface area (Å²) in [4.78, 5) is 15.8. The van der Waals surface area contributed by atoms with Crippen molar-refractivity contribution in [1.29, 1.82) is 0 Å². The molecule has 18 heavy (non-hydrogen) atoms. The number of nitrogens with one attached hydrogen (secondary N) is 1. The summed E-state index contributed by atoms with van der Waals surface area (Å²) in [5, 5.41) is 2.91. The quantitative estimate of drug-likeness (QED) is 0.840. The van der Waals surface area contributed by atoms with Crippen LogP contribution < -0.4 is 11.1 Å². The van der Waals surface area contributed by atoms with Gasteiger partial charge in [0, 0.05) is 25.3 Å². The molecule has 98 valence electrons. The largest absolute Gasteiger partial charge is 0.383 e. The fourth-order valence-electron chi connectivity index (χ4n) is 2.31. The third-order valence-electron chi connectivity index (χ3n) is 3.36. The first kappa shape index (κ1) is 12.8. The molecule has 2 heterocycles. The van der Waals surface area contributed by atoms with Gasteiger partial charge in [-0.2, -0.15) is 0 Å². The molecule has 1 aromatic rings. The molecule has 1 saturated heterocycles. The van der Waals surface area contributed by atoms with Crippen LogP contribution in [0.1, 0.15) is 30.1 Å². The number of ether oxygens (including phenoxy) is 1. The molecule has 0 saturated carbocycles. The van der Waals surface area contributed by atoms with Crippen molar-refractivity contribution in [1.82, 2.24) is 10.3 Å². The van der Waals surface area contributed by atoms with Crippen molar-refractivity contribution in [3.05, 3.63) is 23.9 Å². The Labute approximate surface area is 107 Å². The first-order chi connectivity index (χ1) is 8.72. The maximum absolute atomic E-state index is 11.9. The number of amides is 1. The smallest absolute Gasteiger partial charge is 0.255 e. The Morgan fingerprint density at radius 1 is 1.67 bits per heavy atom. The van der Waals surface area contributed by atoms with Crippen LogP contribution in [0.15, 0.2) is 18.3 Å². The molecule has 2 rings (SSSR count). The molecule has 0 spiro atoms. The van der Waals surface area contributed by atoms with Gasteiger partial charge in [0.1, 0.15) is 5.82 Å². The summed E-state index contributed by atoms with van der Waals surface area (Å²) in [6.45, 7) is 3.52.